The highest BCUT2D eigenvalue weighted by molar-refractivity contribution is 5.08. The molecule has 14 heavy (non-hydrogen) atoms. The fourth-order valence-corrected chi connectivity index (χ4v) is 1.23. The third kappa shape index (κ3) is 2.40. The summed E-state index contributed by atoms with van der Waals surface area (Å²) < 4.78 is 0. The molecule has 72 valence electrons. The topological polar surface area (TPSA) is 53.6 Å². The molecule has 0 atom stereocenters. The zero-order valence-electron chi connectivity index (χ0n) is 7.77. The molecule has 2 rings (SSSR count). The summed E-state index contributed by atoms with van der Waals surface area (Å²) in [5.74, 6) is 0. The summed E-state index contributed by atoms with van der Waals surface area (Å²) in [6, 6.07) is 3.99. The number of aromatic amines is 1. The van der Waals surface area contributed by atoms with Gasteiger partial charge in [0.05, 0.1) is 6.20 Å². The molecule has 0 saturated heterocycles. The average Bonchev–Trinajstić information content (AvgIpc) is 2.72. The standard InChI is InChI=1S/C10H12N4/c1-2-9(4-11-3-1)5-12-6-10-7-13-14-8-10/h1-4,7-8,12H,5-6H2,(H,13,14). The Balaban J connectivity index is 1.79. The normalized spacial score (nSPS) is 10.3. The van der Waals surface area contributed by atoms with Gasteiger partial charge in [-0.3, -0.25) is 10.1 Å². The maximum atomic E-state index is 4.04. The van der Waals surface area contributed by atoms with Gasteiger partial charge in [-0.15, -0.1) is 0 Å². The summed E-state index contributed by atoms with van der Waals surface area (Å²) in [5, 5.41) is 9.95. The minimum Gasteiger partial charge on any atom is -0.308 e. The van der Waals surface area contributed by atoms with E-state index in [9.17, 15) is 0 Å². The van der Waals surface area contributed by atoms with Crippen LogP contribution in [-0.2, 0) is 13.1 Å². The third-order valence-corrected chi connectivity index (χ3v) is 1.94. The number of hydrogen-bond acceptors (Lipinski definition) is 3. The van der Waals surface area contributed by atoms with E-state index in [2.05, 4.69) is 26.6 Å². The van der Waals surface area contributed by atoms with E-state index in [0.717, 1.165) is 18.7 Å². The van der Waals surface area contributed by atoms with Crippen molar-refractivity contribution < 1.29 is 0 Å². The number of pyridine rings is 1. The summed E-state index contributed by atoms with van der Waals surface area (Å²) in [5.41, 5.74) is 2.35. The third-order valence-electron chi connectivity index (χ3n) is 1.94. The number of aromatic nitrogens is 3. The van der Waals surface area contributed by atoms with Crippen molar-refractivity contribution in [2.75, 3.05) is 0 Å². The van der Waals surface area contributed by atoms with Gasteiger partial charge in [0.25, 0.3) is 0 Å². The van der Waals surface area contributed by atoms with Crippen LogP contribution in [0.15, 0.2) is 36.9 Å². The molecule has 4 heteroatoms. The van der Waals surface area contributed by atoms with Gasteiger partial charge < -0.3 is 5.32 Å². The fourth-order valence-electron chi connectivity index (χ4n) is 1.23. The molecule has 2 N–H and O–H groups in total. The van der Waals surface area contributed by atoms with Crippen LogP contribution in [0.25, 0.3) is 0 Å². The highest BCUT2D eigenvalue weighted by atomic mass is 15.1. The van der Waals surface area contributed by atoms with Crippen molar-refractivity contribution in [3.63, 3.8) is 0 Å². The Morgan fingerprint density at radius 3 is 2.86 bits per heavy atom. The van der Waals surface area contributed by atoms with Crippen LogP contribution in [0.2, 0.25) is 0 Å². The molecular formula is C10H12N4. The number of hydrogen-bond donors (Lipinski definition) is 2. The Bertz CT molecular complexity index is 355. The zero-order valence-corrected chi connectivity index (χ0v) is 7.77. The molecule has 0 spiro atoms. The van der Waals surface area contributed by atoms with Crippen molar-refractivity contribution in [2.24, 2.45) is 0 Å². The lowest BCUT2D eigenvalue weighted by atomic mass is 10.3. The quantitative estimate of drug-likeness (QED) is 0.755. The van der Waals surface area contributed by atoms with Gasteiger partial charge in [0.15, 0.2) is 0 Å². The number of nitrogens with one attached hydrogen (secondary N) is 2. The van der Waals surface area contributed by atoms with Gasteiger partial charge in [-0.2, -0.15) is 5.10 Å². The van der Waals surface area contributed by atoms with Crippen LogP contribution in [0.5, 0.6) is 0 Å². The maximum Gasteiger partial charge on any atom is 0.0532 e. The predicted molar refractivity (Wildman–Crippen MR) is 53.4 cm³/mol. The molecule has 0 saturated carbocycles. The summed E-state index contributed by atoms with van der Waals surface area (Å²) in [7, 11) is 0. The molecule has 0 aromatic carbocycles. The second kappa shape index (κ2) is 4.53. The van der Waals surface area contributed by atoms with Crippen molar-refractivity contribution >= 4 is 0 Å². The van der Waals surface area contributed by atoms with Gasteiger partial charge in [-0.1, -0.05) is 6.07 Å². The maximum absolute atomic E-state index is 4.04. The van der Waals surface area contributed by atoms with Crippen LogP contribution in [0.4, 0.5) is 0 Å². The first-order valence-corrected chi connectivity index (χ1v) is 4.52. The monoisotopic (exact) mass is 188 g/mol. The van der Waals surface area contributed by atoms with Gasteiger partial charge in [-0.25, -0.2) is 0 Å². The second-order valence-electron chi connectivity index (χ2n) is 3.07. The Morgan fingerprint density at radius 2 is 2.14 bits per heavy atom. The molecule has 4 nitrogen and oxygen atoms in total. The molecule has 0 amide bonds. The second-order valence-corrected chi connectivity index (χ2v) is 3.07. The van der Waals surface area contributed by atoms with Crippen molar-refractivity contribution in [1.82, 2.24) is 20.5 Å². The van der Waals surface area contributed by atoms with Crippen molar-refractivity contribution in [3.8, 4) is 0 Å². The first kappa shape index (κ1) is 8.90. The lowest BCUT2D eigenvalue weighted by Gasteiger charge is -2.01. The van der Waals surface area contributed by atoms with Gasteiger partial charge in [0.1, 0.15) is 0 Å². The molecule has 2 heterocycles. The first-order chi connectivity index (χ1) is 6.95. The Kier molecular flexibility index (Phi) is 2.88. The van der Waals surface area contributed by atoms with E-state index in [1.54, 1.807) is 6.20 Å². The number of rotatable bonds is 4. The van der Waals surface area contributed by atoms with E-state index >= 15 is 0 Å². The van der Waals surface area contributed by atoms with Crippen LogP contribution in [0.3, 0.4) is 0 Å². The minimum absolute atomic E-state index is 0.825. The SMILES string of the molecule is c1cncc(CNCc2cn[nH]c2)c1. The summed E-state index contributed by atoms with van der Waals surface area (Å²) >= 11 is 0. The molecular weight excluding hydrogens is 176 g/mol. The smallest absolute Gasteiger partial charge is 0.0532 e. The Morgan fingerprint density at radius 1 is 1.21 bits per heavy atom. The Hall–Kier alpha value is -1.68. The predicted octanol–water partition coefficient (Wildman–Crippen LogP) is 1.09. The van der Waals surface area contributed by atoms with Crippen LogP contribution in [0, 0.1) is 0 Å². The average molecular weight is 188 g/mol. The van der Waals surface area contributed by atoms with Crippen LogP contribution < -0.4 is 5.32 Å². The number of nitrogens with zero attached hydrogens (tertiary/aromatic N) is 2. The van der Waals surface area contributed by atoms with E-state index in [1.165, 1.54) is 5.56 Å². The first-order valence-electron chi connectivity index (χ1n) is 4.52. The van der Waals surface area contributed by atoms with E-state index in [0.29, 0.717) is 0 Å². The van der Waals surface area contributed by atoms with Gasteiger partial charge in [0.2, 0.25) is 0 Å². The van der Waals surface area contributed by atoms with E-state index in [4.69, 9.17) is 0 Å². The molecule has 0 aliphatic rings. The number of H-pyrrole nitrogens is 1. The van der Waals surface area contributed by atoms with E-state index in [-0.39, 0.29) is 0 Å². The summed E-state index contributed by atoms with van der Waals surface area (Å²) in [6.45, 7) is 1.66. The van der Waals surface area contributed by atoms with Crippen molar-refractivity contribution in [2.45, 2.75) is 13.1 Å². The zero-order chi connectivity index (χ0) is 9.64. The largest absolute Gasteiger partial charge is 0.308 e. The lowest BCUT2D eigenvalue weighted by Crippen LogP contribution is -2.12. The molecule has 0 unspecified atom stereocenters. The van der Waals surface area contributed by atoms with E-state index in [1.807, 2.05) is 24.7 Å². The highest BCUT2D eigenvalue weighted by Gasteiger charge is 1.93. The summed E-state index contributed by atoms with van der Waals surface area (Å²) in [6.07, 6.45) is 7.34. The van der Waals surface area contributed by atoms with Gasteiger partial charge in [-0.05, 0) is 11.6 Å². The van der Waals surface area contributed by atoms with Crippen molar-refractivity contribution in [1.29, 1.82) is 0 Å². The van der Waals surface area contributed by atoms with Gasteiger partial charge >= 0.3 is 0 Å². The van der Waals surface area contributed by atoms with Crippen LogP contribution >= 0.6 is 0 Å². The highest BCUT2D eigenvalue weighted by Crippen LogP contribution is 1.97. The lowest BCUT2D eigenvalue weighted by molar-refractivity contribution is 0.692. The minimum atomic E-state index is 0.825. The van der Waals surface area contributed by atoms with Crippen LogP contribution in [0.1, 0.15) is 11.1 Å². The fraction of sp³-hybridized carbons (Fsp3) is 0.200. The van der Waals surface area contributed by atoms with E-state index < -0.39 is 0 Å². The molecule has 0 fully saturated rings. The molecule has 0 radical (unpaired) electrons. The molecule has 2 aromatic heterocycles. The molecule has 0 aliphatic heterocycles. The summed E-state index contributed by atoms with van der Waals surface area (Å²) in [4.78, 5) is 4.04. The molecule has 0 aliphatic carbocycles. The van der Waals surface area contributed by atoms with Gasteiger partial charge in [0, 0.05) is 37.2 Å². The van der Waals surface area contributed by atoms with Crippen LogP contribution in [-0.4, -0.2) is 15.2 Å². The Labute approximate surface area is 82.4 Å². The molecule has 0 bridgehead atoms. The van der Waals surface area contributed by atoms with Crippen molar-refractivity contribution in [3.05, 3.63) is 48.0 Å². The molecule has 2 aromatic rings.